The zero-order valence-electron chi connectivity index (χ0n) is 8.73. The number of nitrogens with zero attached hydrogens (tertiary/aromatic N) is 1. The van der Waals surface area contributed by atoms with Gasteiger partial charge in [0.1, 0.15) is 0 Å². The molecular weight excluding hydrogens is 206 g/mol. The van der Waals surface area contributed by atoms with Crippen LogP contribution in [0.5, 0.6) is 0 Å². The van der Waals surface area contributed by atoms with Gasteiger partial charge >= 0.3 is 0 Å². The molecule has 0 unspecified atom stereocenters. The zero-order valence-corrected chi connectivity index (χ0v) is 8.73. The number of fused-ring (bicyclic) bond motifs is 1. The molecule has 3 N–H and O–H groups in total. The first-order chi connectivity index (χ1) is 7.81. The molecule has 0 atom stereocenters. The van der Waals surface area contributed by atoms with Crippen LogP contribution in [0.3, 0.4) is 0 Å². The number of nitrogens with one attached hydrogen (secondary N) is 2. The van der Waals surface area contributed by atoms with Gasteiger partial charge in [-0.15, -0.1) is 0 Å². The van der Waals surface area contributed by atoms with Gasteiger partial charge < -0.3 is 15.4 Å². The lowest BCUT2D eigenvalue weighted by atomic mass is 10.1. The van der Waals surface area contributed by atoms with E-state index in [0.717, 1.165) is 11.0 Å². The highest BCUT2D eigenvalue weighted by atomic mass is 16.3. The number of benzene rings is 1. The van der Waals surface area contributed by atoms with Crippen LogP contribution in [0, 0.1) is 0 Å². The molecule has 0 saturated heterocycles. The minimum absolute atomic E-state index is 0.00458. The minimum Gasteiger partial charge on any atom is -0.395 e. The van der Waals surface area contributed by atoms with Crippen molar-refractivity contribution < 1.29 is 9.90 Å². The van der Waals surface area contributed by atoms with E-state index in [0.29, 0.717) is 12.1 Å². The second-order valence-corrected chi connectivity index (χ2v) is 3.46. The van der Waals surface area contributed by atoms with Crippen molar-refractivity contribution in [1.82, 2.24) is 15.3 Å². The van der Waals surface area contributed by atoms with Crippen LogP contribution >= 0.6 is 0 Å². The molecule has 1 heterocycles. The van der Waals surface area contributed by atoms with Crippen LogP contribution in [-0.2, 0) is 0 Å². The Balaban J connectivity index is 2.10. The largest absolute Gasteiger partial charge is 0.395 e. The van der Waals surface area contributed by atoms with Gasteiger partial charge in [0.15, 0.2) is 5.78 Å². The van der Waals surface area contributed by atoms with E-state index in [1.165, 1.54) is 0 Å². The van der Waals surface area contributed by atoms with Gasteiger partial charge in [-0.1, -0.05) is 0 Å². The highest BCUT2D eigenvalue weighted by Gasteiger charge is 2.06. The fraction of sp³-hybridized carbons (Fsp3) is 0.273. The second kappa shape index (κ2) is 4.87. The molecule has 0 saturated carbocycles. The number of Topliss-reactive ketones (excluding diaryl/α,β-unsaturated/α-hetero) is 1. The van der Waals surface area contributed by atoms with Crippen LogP contribution in [0.4, 0.5) is 0 Å². The Morgan fingerprint density at radius 2 is 2.38 bits per heavy atom. The summed E-state index contributed by atoms with van der Waals surface area (Å²) in [5.41, 5.74) is 2.34. The molecule has 0 aliphatic carbocycles. The number of imidazole rings is 1. The van der Waals surface area contributed by atoms with Gasteiger partial charge in [0.05, 0.1) is 30.5 Å². The van der Waals surface area contributed by atoms with Crippen LogP contribution in [0.25, 0.3) is 11.0 Å². The minimum atomic E-state index is 0.00458. The molecule has 0 spiro atoms. The third kappa shape index (κ3) is 2.26. The quantitative estimate of drug-likeness (QED) is 0.500. The van der Waals surface area contributed by atoms with Gasteiger partial charge in [0.25, 0.3) is 0 Å². The van der Waals surface area contributed by atoms with E-state index in [1.807, 2.05) is 6.07 Å². The SMILES string of the molecule is O=C(CNCCO)c1ccc2nc[nH]c2c1. The van der Waals surface area contributed by atoms with Gasteiger partial charge in [0.2, 0.25) is 0 Å². The third-order valence-corrected chi connectivity index (χ3v) is 2.32. The van der Waals surface area contributed by atoms with Crippen molar-refractivity contribution in [3.05, 3.63) is 30.1 Å². The van der Waals surface area contributed by atoms with Crippen molar-refractivity contribution in [2.75, 3.05) is 19.7 Å². The molecule has 2 aromatic rings. The summed E-state index contributed by atoms with van der Waals surface area (Å²) >= 11 is 0. The molecule has 0 aliphatic rings. The number of ketones is 1. The maximum absolute atomic E-state index is 11.7. The number of H-pyrrole nitrogens is 1. The average molecular weight is 219 g/mol. The van der Waals surface area contributed by atoms with Gasteiger partial charge in [-0.2, -0.15) is 0 Å². The highest BCUT2D eigenvalue weighted by Crippen LogP contribution is 2.11. The van der Waals surface area contributed by atoms with Gasteiger partial charge in [0, 0.05) is 12.1 Å². The number of carbonyl (C=O) groups excluding carboxylic acids is 1. The lowest BCUT2D eigenvalue weighted by molar-refractivity contribution is 0.0990. The highest BCUT2D eigenvalue weighted by molar-refractivity contribution is 6.00. The van der Waals surface area contributed by atoms with Crippen molar-refractivity contribution in [3.8, 4) is 0 Å². The van der Waals surface area contributed by atoms with Crippen LogP contribution in [0.1, 0.15) is 10.4 Å². The van der Waals surface area contributed by atoms with Crippen LogP contribution in [-0.4, -0.2) is 40.6 Å². The summed E-state index contributed by atoms with van der Waals surface area (Å²) in [4.78, 5) is 18.7. The molecule has 1 aromatic heterocycles. The Bertz CT molecular complexity index is 493. The average Bonchev–Trinajstić information content (AvgIpc) is 2.76. The first-order valence-corrected chi connectivity index (χ1v) is 5.09. The van der Waals surface area contributed by atoms with Crippen molar-refractivity contribution in [2.45, 2.75) is 0 Å². The van der Waals surface area contributed by atoms with E-state index in [-0.39, 0.29) is 18.9 Å². The Labute approximate surface area is 92.5 Å². The summed E-state index contributed by atoms with van der Waals surface area (Å²) in [6.07, 6.45) is 1.60. The summed E-state index contributed by atoms with van der Waals surface area (Å²) < 4.78 is 0. The van der Waals surface area contributed by atoms with E-state index < -0.39 is 0 Å². The second-order valence-electron chi connectivity index (χ2n) is 3.46. The first-order valence-electron chi connectivity index (χ1n) is 5.09. The fourth-order valence-corrected chi connectivity index (χ4v) is 1.49. The van der Waals surface area contributed by atoms with E-state index >= 15 is 0 Å². The molecule has 1 aromatic carbocycles. The number of hydrogen-bond acceptors (Lipinski definition) is 4. The maximum atomic E-state index is 11.7. The zero-order chi connectivity index (χ0) is 11.4. The Kier molecular flexibility index (Phi) is 3.28. The molecule has 5 heteroatoms. The molecule has 0 amide bonds. The number of aromatic nitrogens is 2. The molecule has 0 bridgehead atoms. The molecule has 0 fully saturated rings. The van der Waals surface area contributed by atoms with Crippen LogP contribution in [0.2, 0.25) is 0 Å². The summed E-state index contributed by atoms with van der Waals surface area (Å²) in [5, 5.41) is 11.4. The Morgan fingerprint density at radius 1 is 1.50 bits per heavy atom. The van der Waals surface area contributed by atoms with Crippen molar-refractivity contribution in [1.29, 1.82) is 0 Å². The van der Waals surface area contributed by atoms with E-state index in [4.69, 9.17) is 5.11 Å². The number of aromatic amines is 1. The van der Waals surface area contributed by atoms with Crippen molar-refractivity contribution in [3.63, 3.8) is 0 Å². The number of hydrogen-bond donors (Lipinski definition) is 3. The first kappa shape index (κ1) is 10.8. The van der Waals surface area contributed by atoms with Crippen LogP contribution < -0.4 is 5.32 Å². The third-order valence-electron chi connectivity index (χ3n) is 2.32. The summed E-state index contributed by atoms with van der Waals surface area (Å²) in [6, 6.07) is 5.35. The summed E-state index contributed by atoms with van der Waals surface area (Å²) in [7, 11) is 0. The Hall–Kier alpha value is -1.72. The summed E-state index contributed by atoms with van der Waals surface area (Å²) in [6.45, 7) is 0.700. The lowest BCUT2D eigenvalue weighted by Crippen LogP contribution is -2.25. The number of aliphatic hydroxyl groups is 1. The predicted molar refractivity (Wildman–Crippen MR) is 60.4 cm³/mol. The maximum Gasteiger partial charge on any atom is 0.176 e. The van der Waals surface area contributed by atoms with E-state index in [9.17, 15) is 4.79 Å². The van der Waals surface area contributed by atoms with Crippen LogP contribution in [0.15, 0.2) is 24.5 Å². The van der Waals surface area contributed by atoms with Crippen molar-refractivity contribution in [2.24, 2.45) is 0 Å². The normalized spacial score (nSPS) is 10.8. The van der Waals surface area contributed by atoms with E-state index in [2.05, 4.69) is 15.3 Å². The predicted octanol–water partition coefficient (Wildman–Crippen LogP) is 0.327. The summed E-state index contributed by atoms with van der Waals surface area (Å²) in [5.74, 6) is 0.00458. The number of carbonyl (C=O) groups is 1. The standard InChI is InChI=1S/C11H13N3O2/c15-4-3-12-6-11(16)8-1-2-9-10(5-8)14-7-13-9/h1-2,5,7,12,15H,3-4,6H2,(H,13,14). The topological polar surface area (TPSA) is 78.0 Å². The lowest BCUT2D eigenvalue weighted by Gasteiger charge is -2.02. The molecule has 16 heavy (non-hydrogen) atoms. The molecular formula is C11H13N3O2. The molecule has 84 valence electrons. The smallest absolute Gasteiger partial charge is 0.176 e. The molecule has 2 rings (SSSR count). The number of aliphatic hydroxyl groups excluding tert-OH is 1. The molecule has 5 nitrogen and oxygen atoms in total. The van der Waals surface area contributed by atoms with Gasteiger partial charge in [-0.3, -0.25) is 4.79 Å². The van der Waals surface area contributed by atoms with Crippen molar-refractivity contribution >= 4 is 16.8 Å². The monoisotopic (exact) mass is 219 g/mol. The van der Waals surface area contributed by atoms with E-state index in [1.54, 1.807) is 18.5 Å². The fourth-order valence-electron chi connectivity index (χ4n) is 1.49. The molecule has 0 radical (unpaired) electrons. The number of rotatable bonds is 5. The molecule has 0 aliphatic heterocycles. The van der Waals surface area contributed by atoms with Gasteiger partial charge in [-0.25, -0.2) is 4.98 Å². The van der Waals surface area contributed by atoms with Gasteiger partial charge in [-0.05, 0) is 18.2 Å². The Morgan fingerprint density at radius 3 is 3.19 bits per heavy atom.